The van der Waals surface area contributed by atoms with Crippen LogP contribution in [0.2, 0.25) is 0 Å². The van der Waals surface area contributed by atoms with Gasteiger partial charge in [0.25, 0.3) is 0 Å². The molecule has 0 aliphatic carbocycles. The van der Waals surface area contributed by atoms with Crippen LogP contribution in [0.4, 0.5) is 0 Å². The number of sulfonamides is 1. The summed E-state index contributed by atoms with van der Waals surface area (Å²) in [4.78, 5) is 16.6. The van der Waals surface area contributed by atoms with Crippen LogP contribution in [0.25, 0.3) is 0 Å². The summed E-state index contributed by atoms with van der Waals surface area (Å²) < 4.78 is 25.9. The number of aryl methyl sites for hydroxylation is 1. The molecule has 2 rings (SSSR count). The number of likely N-dealkylation sites (tertiary alicyclic amines) is 1. The monoisotopic (exact) mass is 344 g/mol. The minimum absolute atomic E-state index is 0.0399. The topological polar surface area (TPSA) is 57.7 Å². The van der Waals surface area contributed by atoms with E-state index in [9.17, 15) is 13.2 Å². The summed E-state index contributed by atoms with van der Waals surface area (Å²) in [6.45, 7) is 7.07. The van der Waals surface area contributed by atoms with Crippen molar-refractivity contribution < 1.29 is 13.2 Å². The molecule has 1 aromatic rings. The summed E-state index contributed by atoms with van der Waals surface area (Å²) in [5, 5.41) is 0. The number of carbonyl (C=O) groups excluding carboxylic acids is 1. The first kappa shape index (κ1) is 17.4. The highest BCUT2D eigenvalue weighted by Gasteiger charge is 2.34. The molecule has 0 radical (unpaired) electrons. The van der Waals surface area contributed by atoms with Gasteiger partial charge < -0.3 is 4.90 Å². The van der Waals surface area contributed by atoms with Crippen LogP contribution in [0.5, 0.6) is 0 Å². The molecule has 124 valence electrons. The maximum absolute atomic E-state index is 12.5. The lowest BCUT2D eigenvalue weighted by atomic mass is 10.2. The molecule has 2 heterocycles. The van der Waals surface area contributed by atoms with Gasteiger partial charge >= 0.3 is 0 Å². The molecule has 0 bridgehead atoms. The second kappa shape index (κ2) is 7.10. The Hall–Kier alpha value is -0.920. The maximum Gasteiger partial charge on any atom is 0.239 e. The van der Waals surface area contributed by atoms with E-state index in [1.54, 1.807) is 30.1 Å². The van der Waals surface area contributed by atoms with Crippen LogP contribution in [0.15, 0.2) is 12.1 Å². The average Bonchev–Trinajstić information content (AvgIpc) is 3.07. The van der Waals surface area contributed by atoms with Gasteiger partial charge in [-0.25, -0.2) is 12.7 Å². The van der Waals surface area contributed by atoms with Gasteiger partial charge in [-0.1, -0.05) is 13.8 Å². The zero-order chi connectivity index (χ0) is 16.3. The van der Waals surface area contributed by atoms with Gasteiger partial charge in [-0.3, -0.25) is 4.79 Å². The van der Waals surface area contributed by atoms with Crippen LogP contribution < -0.4 is 0 Å². The molecule has 1 aromatic heterocycles. The Morgan fingerprint density at radius 1 is 1.36 bits per heavy atom. The summed E-state index contributed by atoms with van der Waals surface area (Å²) in [7, 11) is -3.51. The van der Waals surface area contributed by atoms with Gasteiger partial charge in [-0.15, -0.1) is 11.3 Å². The molecule has 0 spiro atoms. The van der Waals surface area contributed by atoms with Crippen molar-refractivity contribution in [2.24, 2.45) is 0 Å². The van der Waals surface area contributed by atoms with E-state index in [1.165, 1.54) is 9.18 Å². The molecule has 1 amide bonds. The molecule has 5 nitrogen and oxygen atoms in total. The Balaban J connectivity index is 2.11. The van der Waals surface area contributed by atoms with Crippen LogP contribution in [-0.2, 0) is 14.8 Å². The van der Waals surface area contributed by atoms with Gasteiger partial charge in [0.2, 0.25) is 15.9 Å². The maximum atomic E-state index is 12.5. The number of nitrogens with zero attached hydrogens (tertiary/aromatic N) is 2. The van der Waals surface area contributed by atoms with E-state index in [1.807, 2.05) is 13.0 Å². The summed E-state index contributed by atoms with van der Waals surface area (Å²) in [5.41, 5.74) is 0. The molecule has 0 saturated carbocycles. The average molecular weight is 345 g/mol. The standard InChI is InChI=1S/C15H24N2O3S2/c1-4-16(5-2)22(19,20)11-15(18)17-10-6-7-13(17)14-9-8-12(3)21-14/h8-9,13H,4-7,10-11H2,1-3H3. The molecule has 0 aromatic carbocycles. The fraction of sp³-hybridized carbons (Fsp3) is 0.667. The zero-order valence-electron chi connectivity index (χ0n) is 13.4. The lowest BCUT2D eigenvalue weighted by Crippen LogP contribution is -2.41. The van der Waals surface area contributed by atoms with Crippen molar-refractivity contribution in [2.75, 3.05) is 25.4 Å². The highest BCUT2D eigenvalue weighted by atomic mass is 32.2. The minimum atomic E-state index is -3.51. The van der Waals surface area contributed by atoms with E-state index in [0.29, 0.717) is 19.6 Å². The fourth-order valence-corrected chi connectivity index (χ4v) is 5.41. The molecule has 22 heavy (non-hydrogen) atoms. The van der Waals surface area contributed by atoms with Crippen LogP contribution in [0, 0.1) is 6.92 Å². The Labute approximate surface area is 137 Å². The molecule has 1 atom stereocenters. The lowest BCUT2D eigenvalue weighted by molar-refractivity contribution is -0.129. The van der Waals surface area contributed by atoms with Crippen molar-refractivity contribution in [3.8, 4) is 0 Å². The highest BCUT2D eigenvalue weighted by Crippen LogP contribution is 2.35. The predicted octanol–water partition coefficient (Wildman–Crippen LogP) is 2.39. The first-order chi connectivity index (χ1) is 10.4. The van der Waals surface area contributed by atoms with E-state index >= 15 is 0 Å². The van der Waals surface area contributed by atoms with Crippen molar-refractivity contribution in [1.29, 1.82) is 0 Å². The Morgan fingerprint density at radius 3 is 2.59 bits per heavy atom. The molecule has 1 aliphatic heterocycles. The van der Waals surface area contributed by atoms with E-state index < -0.39 is 15.8 Å². The summed E-state index contributed by atoms with van der Waals surface area (Å²) in [6, 6.07) is 4.14. The summed E-state index contributed by atoms with van der Waals surface area (Å²) in [5.74, 6) is -0.698. The first-order valence-electron chi connectivity index (χ1n) is 7.72. The number of hydrogen-bond acceptors (Lipinski definition) is 4. The second-order valence-corrected chi connectivity index (χ2v) is 8.82. The first-order valence-corrected chi connectivity index (χ1v) is 10.1. The zero-order valence-corrected chi connectivity index (χ0v) is 15.0. The smallest absolute Gasteiger partial charge is 0.239 e. The quantitative estimate of drug-likeness (QED) is 0.796. The van der Waals surface area contributed by atoms with Crippen LogP contribution >= 0.6 is 11.3 Å². The molecule has 1 unspecified atom stereocenters. The third-order valence-electron chi connectivity index (χ3n) is 4.07. The number of thiophene rings is 1. The number of hydrogen-bond donors (Lipinski definition) is 0. The Morgan fingerprint density at radius 2 is 2.05 bits per heavy atom. The predicted molar refractivity (Wildman–Crippen MR) is 89.5 cm³/mol. The van der Waals surface area contributed by atoms with Crippen molar-refractivity contribution in [3.63, 3.8) is 0 Å². The fourth-order valence-electron chi connectivity index (χ4n) is 2.94. The molecular weight excluding hydrogens is 320 g/mol. The minimum Gasteiger partial charge on any atom is -0.334 e. The molecule has 0 N–H and O–H groups in total. The lowest BCUT2D eigenvalue weighted by Gasteiger charge is -2.25. The highest BCUT2D eigenvalue weighted by molar-refractivity contribution is 7.89. The Kier molecular flexibility index (Phi) is 5.63. The third kappa shape index (κ3) is 3.70. The second-order valence-electron chi connectivity index (χ2n) is 5.53. The molecular formula is C15H24N2O3S2. The molecule has 1 saturated heterocycles. The largest absolute Gasteiger partial charge is 0.334 e. The number of amides is 1. The number of rotatable bonds is 6. The van der Waals surface area contributed by atoms with Crippen molar-refractivity contribution in [2.45, 2.75) is 39.7 Å². The molecule has 7 heteroatoms. The van der Waals surface area contributed by atoms with Crippen molar-refractivity contribution in [1.82, 2.24) is 9.21 Å². The van der Waals surface area contributed by atoms with E-state index in [-0.39, 0.29) is 11.9 Å². The van der Waals surface area contributed by atoms with Gasteiger partial charge in [0, 0.05) is 29.4 Å². The summed E-state index contributed by atoms with van der Waals surface area (Å²) in [6.07, 6.45) is 1.84. The number of carbonyl (C=O) groups is 1. The van der Waals surface area contributed by atoms with Crippen LogP contribution in [0.1, 0.15) is 42.5 Å². The normalized spacial score (nSPS) is 19.1. The van der Waals surface area contributed by atoms with Gasteiger partial charge in [-0.05, 0) is 31.9 Å². The van der Waals surface area contributed by atoms with E-state index in [4.69, 9.17) is 0 Å². The third-order valence-corrected chi connectivity index (χ3v) is 7.08. The van der Waals surface area contributed by atoms with E-state index in [2.05, 4.69) is 6.07 Å². The van der Waals surface area contributed by atoms with Crippen molar-refractivity contribution in [3.05, 3.63) is 21.9 Å². The molecule has 1 aliphatic rings. The van der Waals surface area contributed by atoms with Gasteiger partial charge in [0.15, 0.2) is 0 Å². The molecule has 1 fully saturated rings. The van der Waals surface area contributed by atoms with Crippen LogP contribution in [0.3, 0.4) is 0 Å². The summed E-state index contributed by atoms with van der Waals surface area (Å²) >= 11 is 1.69. The van der Waals surface area contributed by atoms with Gasteiger partial charge in [0.05, 0.1) is 6.04 Å². The van der Waals surface area contributed by atoms with Gasteiger partial charge in [-0.2, -0.15) is 0 Å². The van der Waals surface area contributed by atoms with Crippen LogP contribution in [-0.4, -0.2) is 48.9 Å². The SMILES string of the molecule is CCN(CC)S(=O)(=O)CC(=O)N1CCCC1c1ccc(C)s1. The Bertz CT molecular complexity index is 620. The van der Waals surface area contributed by atoms with Crippen molar-refractivity contribution >= 4 is 27.3 Å². The van der Waals surface area contributed by atoms with E-state index in [0.717, 1.165) is 17.7 Å². The van der Waals surface area contributed by atoms with Gasteiger partial charge in [0.1, 0.15) is 5.75 Å².